The Morgan fingerprint density at radius 1 is 1.14 bits per heavy atom. The summed E-state index contributed by atoms with van der Waals surface area (Å²) < 4.78 is 6.99. The third-order valence-electron chi connectivity index (χ3n) is 6.72. The number of ether oxygens (including phenoxy) is 1. The maximum atomic E-state index is 12.3. The van der Waals surface area contributed by atoms with Crippen LogP contribution in [0.15, 0.2) is 53.5 Å². The molecule has 0 spiro atoms. The lowest BCUT2D eigenvalue weighted by Gasteiger charge is -2.20. The summed E-state index contributed by atoms with van der Waals surface area (Å²) in [6.45, 7) is 6.12. The second-order valence-electron chi connectivity index (χ2n) is 8.95. The van der Waals surface area contributed by atoms with E-state index >= 15 is 0 Å². The monoisotopic (exact) mass is 510 g/mol. The molecule has 4 aromatic rings. The molecule has 1 aliphatic rings. The fourth-order valence-corrected chi connectivity index (χ4v) is 5.76. The molecule has 2 aromatic carbocycles. The number of carbonyl (C=O) groups is 1. The molecule has 9 heteroatoms. The Labute approximate surface area is 219 Å². The maximum Gasteiger partial charge on any atom is 0.308 e. The summed E-state index contributed by atoms with van der Waals surface area (Å²) in [4.78, 5) is 20.7. The highest BCUT2D eigenvalue weighted by atomic mass is 32.1. The van der Waals surface area contributed by atoms with Gasteiger partial charge < -0.3 is 9.64 Å². The van der Waals surface area contributed by atoms with Gasteiger partial charge in [0.25, 0.3) is 0 Å². The van der Waals surface area contributed by atoms with Crippen LogP contribution >= 0.6 is 11.3 Å². The van der Waals surface area contributed by atoms with Gasteiger partial charge in [0.15, 0.2) is 5.82 Å². The number of rotatable bonds is 5. The number of hydrogen-bond acceptors (Lipinski definition) is 8. The SMILES string of the molecule is COC(=O)C[C@@H]1N=C(c2ccc(N(C)c3cccc(C#N)c3)cc2)c2c(sc(C)c2C)-n2c(C)nnc21. The van der Waals surface area contributed by atoms with Gasteiger partial charge in [-0.15, -0.1) is 21.5 Å². The Kier molecular flexibility index (Phi) is 6.36. The number of esters is 1. The van der Waals surface area contributed by atoms with Crippen molar-refractivity contribution in [2.45, 2.75) is 33.2 Å². The fraction of sp³-hybridized carbons (Fsp3) is 0.250. The summed E-state index contributed by atoms with van der Waals surface area (Å²) >= 11 is 1.68. The van der Waals surface area contributed by atoms with Gasteiger partial charge in [0.1, 0.15) is 16.9 Å². The number of hydrogen-bond donors (Lipinski definition) is 0. The second-order valence-corrected chi connectivity index (χ2v) is 10.1. The molecule has 2 aromatic heterocycles. The number of aryl methyl sites for hydroxylation is 2. The first-order valence-electron chi connectivity index (χ1n) is 11.8. The van der Waals surface area contributed by atoms with Crippen molar-refractivity contribution in [3.05, 3.63) is 87.3 Å². The van der Waals surface area contributed by atoms with Crippen molar-refractivity contribution in [1.82, 2.24) is 14.8 Å². The van der Waals surface area contributed by atoms with E-state index in [9.17, 15) is 10.1 Å². The molecule has 5 rings (SSSR count). The summed E-state index contributed by atoms with van der Waals surface area (Å²) in [6.07, 6.45) is 0.0706. The Hall–Kier alpha value is -4.29. The average Bonchev–Trinajstić information content (AvgIpc) is 3.40. The van der Waals surface area contributed by atoms with Gasteiger partial charge in [0, 0.05) is 34.4 Å². The lowest BCUT2D eigenvalue weighted by Crippen LogP contribution is -2.12. The molecule has 0 fully saturated rings. The first-order valence-corrected chi connectivity index (χ1v) is 12.7. The van der Waals surface area contributed by atoms with Crippen molar-refractivity contribution >= 4 is 34.4 Å². The number of aliphatic imine (C=N–C) groups is 1. The number of thiophene rings is 1. The number of nitrogens with zero attached hydrogens (tertiary/aromatic N) is 6. The molecular formula is C28H26N6O2S. The van der Waals surface area contributed by atoms with Crippen LogP contribution in [-0.4, -0.2) is 40.6 Å². The summed E-state index contributed by atoms with van der Waals surface area (Å²) in [5, 5.41) is 19.0. The molecule has 0 aliphatic carbocycles. The Morgan fingerprint density at radius 2 is 1.89 bits per heavy atom. The molecule has 37 heavy (non-hydrogen) atoms. The Morgan fingerprint density at radius 3 is 2.59 bits per heavy atom. The lowest BCUT2D eigenvalue weighted by molar-refractivity contribution is -0.141. The van der Waals surface area contributed by atoms with Crippen LogP contribution in [0.4, 0.5) is 11.4 Å². The Balaban J connectivity index is 1.61. The molecule has 0 bridgehead atoms. The maximum absolute atomic E-state index is 12.3. The number of carbonyl (C=O) groups excluding carboxylic acids is 1. The van der Waals surface area contributed by atoms with E-state index in [-0.39, 0.29) is 12.4 Å². The van der Waals surface area contributed by atoms with Gasteiger partial charge in [-0.3, -0.25) is 14.4 Å². The largest absolute Gasteiger partial charge is 0.469 e. The second kappa shape index (κ2) is 9.64. The first-order chi connectivity index (χ1) is 17.8. The standard InChI is InChI=1S/C28H26N6O2S/c1-16-17(2)37-28-25(16)26(30-23(14-24(35)36-5)27-32-31-18(3)34(27)28)20-9-11-21(12-10-20)33(4)22-8-6-7-19(13-22)15-29/h6-13,23H,14H2,1-5H3/t23-/m0/s1. The van der Waals surface area contributed by atoms with Gasteiger partial charge in [0.05, 0.1) is 30.9 Å². The van der Waals surface area contributed by atoms with Crippen LogP contribution in [0.5, 0.6) is 0 Å². The minimum absolute atomic E-state index is 0.0706. The molecule has 0 radical (unpaired) electrons. The lowest BCUT2D eigenvalue weighted by atomic mass is 9.99. The third-order valence-corrected chi connectivity index (χ3v) is 7.91. The fourth-order valence-electron chi connectivity index (χ4n) is 4.54. The van der Waals surface area contributed by atoms with E-state index in [4.69, 9.17) is 9.73 Å². The number of anilines is 2. The van der Waals surface area contributed by atoms with Crippen LogP contribution in [-0.2, 0) is 9.53 Å². The predicted octanol–water partition coefficient (Wildman–Crippen LogP) is 5.35. The van der Waals surface area contributed by atoms with Crippen LogP contribution in [0, 0.1) is 32.1 Å². The van der Waals surface area contributed by atoms with Crippen molar-refractivity contribution < 1.29 is 9.53 Å². The van der Waals surface area contributed by atoms with Gasteiger partial charge in [-0.05, 0) is 56.7 Å². The highest BCUT2D eigenvalue weighted by molar-refractivity contribution is 7.15. The molecule has 0 saturated heterocycles. The molecule has 0 amide bonds. The van der Waals surface area contributed by atoms with Crippen LogP contribution in [0.2, 0.25) is 0 Å². The van der Waals surface area contributed by atoms with Gasteiger partial charge >= 0.3 is 5.97 Å². The molecule has 3 heterocycles. The van der Waals surface area contributed by atoms with E-state index in [0.717, 1.165) is 44.6 Å². The van der Waals surface area contributed by atoms with Gasteiger partial charge in [0.2, 0.25) is 0 Å². The van der Waals surface area contributed by atoms with Crippen molar-refractivity contribution in [3.63, 3.8) is 0 Å². The molecular weight excluding hydrogens is 484 g/mol. The zero-order valence-electron chi connectivity index (χ0n) is 21.3. The minimum atomic E-state index is -0.529. The van der Waals surface area contributed by atoms with Crippen LogP contribution in [0.1, 0.15) is 51.2 Å². The topological polar surface area (TPSA) is 96.4 Å². The smallest absolute Gasteiger partial charge is 0.308 e. The molecule has 1 aliphatic heterocycles. The Bertz CT molecular complexity index is 1580. The zero-order valence-corrected chi connectivity index (χ0v) is 22.1. The highest BCUT2D eigenvalue weighted by Crippen LogP contribution is 2.39. The zero-order chi connectivity index (χ0) is 26.3. The van der Waals surface area contributed by atoms with Crippen molar-refractivity contribution in [2.24, 2.45) is 4.99 Å². The first kappa shape index (κ1) is 24.4. The van der Waals surface area contributed by atoms with Crippen LogP contribution < -0.4 is 4.90 Å². The highest BCUT2D eigenvalue weighted by Gasteiger charge is 2.32. The van der Waals surface area contributed by atoms with E-state index in [1.165, 1.54) is 12.0 Å². The van der Waals surface area contributed by atoms with Crippen molar-refractivity contribution in [3.8, 4) is 11.1 Å². The number of benzene rings is 2. The van der Waals surface area contributed by atoms with E-state index in [2.05, 4.69) is 30.1 Å². The summed E-state index contributed by atoms with van der Waals surface area (Å²) in [5.74, 6) is 1.03. The molecule has 8 nitrogen and oxygen atoms in total. The quantitative estimate of drug-likeness (QED) is 0.336. The van der Waals surface area contributed by atoms with Crippen LogP contribution in [0.25, 0.3) is 5.00 Å². The molecule has 0 saturated carbocycles. The molecule has 0 unspecified atom stereocenters. The van der Waals surface area contributed by atoms with E-state index < -0.39 is 6.04 Å². The van der Waals surface area contributed by atoms with E-state index in [0.29, 0.717) is 11.4 Å². The summed E-state index contributed by atoms with van der Waals surface area (Å²) in [6, 6.07) is 17.3. The number of aromatic nitrogens is 3. The van der Waals surface area contributed by atoms with Crippen molar-refractivity contribution in [2.75, 3.05) is 19.1 Å². The van der Waals surface area contributed by atoms with Crippen molar-refractivity contribution in [1.29, 1.82) is 5.26 Å². The van der Waals surface area contributed by atoms with Crippen LogP contribution in [0.3, 0.4) is 0 Å². The molecule has 1 atom stereocenters. The number of methoxy groups -OCH3 is 1. The molecule has 0 N–H and O–H groups in total. The van der Waals surface area contributed by atoms with Gasteiger partial charge in [-0.25, -0.2) is 0 Å². The molecule has 186 valence electrons. The summed E-state index contributed by atoms with van der Waals surface area (Å²) in [5.41, 5.74) is 6.45. The third kappa shape index (κ3) is 4.30. The van der Waals surface area contributed by atoms with E-state index in [1.807, 2.05) is 65.9 Å². The minimum Gasteiger partial charge on any atom is -0.469 e. The predicted molar refractivity (Wildman–Crippen MR) is 144 cm³/mol. The average molecular weight is 511 g/mol. The van der Waals surface area contributed by atoms with E-state index in [1.54, 1.807) is 17.4 Å². The number of fused-ring (bicyclic) bond motifs is 3. The normalized spacial score (nSPS) is 14.2. The van der Waals surface area contributed by atoms with Gasteiger partial charge in [-0.2, -0.15) is 5.26 Å². The van der Waals surface area contributed by atoms with Gasteiger partial charge in [-0.1, -0.05) is 18.2 Å². The number of nitriles is 1. The summed E-state index contributed by atoms with van der Waals surface area (Å²) in [7, 11) is 3.35.